The highest BCUT2D eigenvalue weighted by atomic mass is 32.1. The summed E-state index contributed by atoms with van der Waals surface area (Å²) in [7, 11) is 1.60. The Morgan fingerprint density at radius 1 is 1.27 bits per heavy atom. The molecule has 0 bridgehead atoms. The lowest BCUT2D eigenvalue weighted by Crippen LogP contribution is -2.22. The zero-order valence-electron chi connectivity index (χ0n) is 13.2. The third-order valence-electron chi connectivity index (χ3n) is 3.87. The van der Waals surface area contributed by atoms with Gasteiger partial charge >= 0.3 is 11.9 Å². The number of aryl methyl sites for hydroxylation is 1. The zero-order chi connectivity index (χ0) is 18.5. The summed E-state index contributed by atoms with van der Waals surface area (Å²) in [6, 6.07) is 4.13. The van der Waals surface area contributed by atoms with Crippen LogP contribution in [0.15, 0.2) is 34.6 Å². The molecule has 11 heteroatoms. The van der Waals surface area contributed by atoms with Crippen LogP contribution in [0.25, 0.3) is 21.6 Å². The summed E-state index contributed by atoms with van der Waals surface area (Å²) in [6.07, 6.45) is -2.91. The average Bonchev–Trinajstić information content (AvgIpc) is 3.32. The second-order valence-electron chi connectivity index (χ2n) is 5.55. The first-order valence-electron chi connectivity index (χ1n) is 7.33. The van der Waals surface area contributed by atoms with Crippen LogP contribution in [-0.4, -0.2) is 23.7 Å². The molecule has 4 aromatic heterocycles. The van der Waals surface area contributed by atoms with Crippen LogP contribution in [0.1, 0.15) is 10.6 Å². The van der Waals surface area contributed by atoms with Crippen LogP contribution in [0.2, 0.25) is 0 Å². The molecule has 4 heterocycles. The molecule has 0 radical (unpaired) electrons. The van der Waals surface area contributed by atoms with E-state index in [-0.39, 0.29) is 12.2 Å². The van der Waals surface area contributed by atoms with Crippen molar-refractivity contribution in [2.45, 2.75) is 12.7 Å². The second kappa shape index (κ2) is 6.02. The normalized spacial score (nSPS) is 12.2. The van der Waals surface area contributed by atoms with Crippen molar-refractivity contribution in [2.75, 3.05) is 0 Å². The molecule has 4 rings (SSSR count). The van der Waals surface area contributed by atoms with E-state index in [0.717, 1.165) is 6.07 Å². The SMILES string of the molecule is Cn1c(=O)n(Cc2csnn2)c2cc(-c3ccc(C(F)(F)F)s3)cnc21. The van der Waals surface area contributed by atoms with E-state index in [1.165, 1.54) is 32.9 Å². The lowest BCUT2D eigenvalue weighted by molar-refractivity contribution is -0.134. The van der Waals surface area contributed by atoms with Gasteiger partial charge in [0.2, 0.25) is 0 Å². The van der Waals surface area contributed by atoms with Crippen molar-refractivity contribution in [3.05, 3.63) is 50.8 Å². The van der Waals surface area contributed by atoms with Crippen LogP contribution in [-0.2, 0) is 19.8 Å². The van der Waals surface area contributed by atoms with Crippen LogP contribution >= 0.6 is 22.9 Å². The number of thiophene rings is 1. The monoisotopic (exact) mass is 397 g/mol. The topological polar surface area (TPSA) is 65.6 Å². The van der Waals surface area contributed by atoms with E-state index >= 15 is 0 Å². The fourth-order valence-electron chi connectivity index (χ4n) is 2.63. The summed E-state index contributed by atoms with van der Waals surface area (Å²) in [6.45, 7) is 0.218. The van der Waals surface area contributed by atoms with Crippen molar-refractivity contribution in [3.8, 4) is 10.4 Å². The molecule has 0 aliphatic carbocycles. The number of rotatable bonds is 3. The molecule has 0 N–H and O–H groups in total. The van der Waals surface area contributed by atoms with Gasteiger partial charge < -0.3 is 0 Å². The molecule has 0 saturated heterocycles. The smallest absolute Gasteiger partial charge is 0.284 e. The predicted molar refractivity (Wildman–Crippen MR) is 92.3 cm³/mol. The quantitative estimate of drug-likeness (QED) is 0.532. The molecule has 0 spiro atoms. The fraction of sp³-hybridized carbons (Fsp3) is 0.200. The zero-order valence-corrected chi connectivity index (χ0v) is 14.8. The molecule has 0 amide bonds. The lowest BCUT2D eigenvalue weighted by atomic mass is 10.2. The van der Waals surface area contributed by atoms with Gasteiger partial charge in [0.25, 0.3) is 0 Å². The minimum atomic E-state index is -4.38. The molecule has 0 aliphatic rings. The Bertz CT molecular complexity index is 1140. The van der Waals surface area contributed by atoms with Gasteiger partial charge in [-0.1, -0.05) is 4.49 Å². The van der Waals surface area contributed by atoms with Gasteiger partial charge in [-0.05, 0) is 29.7 Å². The van der Waals surface area contributed by atoms with Gasteiger partial charge in [-0.2, -0.15) is 13.2 Å². The van der Waals surface area contributed by atoms with Gasteiger partial charge in [-0.3, -0.25) is 9.13 Å². The number of hydrogen-bond acceptors (Lipinski definition) is 6. The van der Waals surface area contributed by atoms with Gasteiger partial charge in [0.05, 0.1) is 17.8 Å². The largest absolute Gasteiger partial charge is 0.425 e. The minimum Gasteiger partial charge on any atom is -0.284 e. The maximum Gasteiger partial charge on any atom is 0.425 e. The summed E-state index contributed by atoms with van der Waals surface area (Å²) in [5.74, 6) is 0. The first-order chi connectivity index (χ1) is 12.3. The highest BCUT2D eigenvalue weighted by Gasteiger charge is 2.32. The number of fused-ring (bicyclic) bond motifs is 1. The Kier molecular flexibility index (Phi) is 3.92. The standard InChI is InChI=1S/C15H10F3N5OS2/c1-22-13-10(23(14(22)24)6-9-7-25-21-20-9)4-8(5-19-13)11-2-3-12(26-11)15(16,17)18/h2-5,7H,6H2,1H3. The van der Waals surface area contributed by atoms with Crippen LogP contribution in [0.3, 0.4) is 0 Å². The van der Waals surface area contributed by atoms with E-state index in [2.05, 4.69) is 14.6 Å². The van der Waals surface area contributed by atoms with E-state index in [0.29, 0.717) is 38.6 Å². The molecular formula is C15H10F3N5OS2. The van der Waals surface area contributed by atoms with E-state index in [1.807, 2.05) is 0 Å². The average molecular weight is 397 g/mol. The number of alkyl halides is 3. The van der Waals surface area contributed by atoms with Crippen molar-refractivity contribution in [2.24, 2.45) is 7.05 Å². The Morgan fingerprint density at radius 2 is 2.08 bits per heavy atom. The molecule has 0 aromatic carbocycles. The molecule has 0 fully saturated rings. The molecule has 0 saturated carbocycles. The summed E-state index contributed by atoms with van der Waals surface area (Å²) < 4.78 is 45.2. The van der Waals surface area contributed by atoms with Crippen molar-refractivity contribution < 1.29 is 13.2 Å². The van der Waals surface area contributed by atoms with E-state index in [9.17, 15) is 18.0 Å². The summed E-state index contributed by atoms with van der Waals surface area (Å²) >= 11 is 1.82. The maximum atomic E-state index is 12.8. The third kappa shape index (κ3) is 2.82. The molecule has 134 valence electrons. The van der Waals surface area contributed by atoms with Gasteiger partial charge in [-0.15, -0.1) is 16.4 Å². The van der Waals surface area contributed by atoms with Crippen molar-refractivity contribution in [3.63, 3.8) is 0 Å². The Hall–Kier alpha value is -2.53. The number of aromatic nitrogens is 5. The highest BCUT2D eigenvalue weighted by molar-refractivity contribution is 7.15. The minimum absolute atomic E-state index is 0.218. The van der Waals surface area contributed by atoms with Gasteiger partial charge in [0, 0.05) is 29.1 Å². The van der Waals surface area contributed by atoms with Gasteiger partial charge in [0.15, 0.2) is 5.65 Å². The fourth-order valence-corrected chi connectivity index (χ4v) is 3.92. The van der Waals surface area contributed by atoms with Crippen molar-refractivity contribution in [1.82, 2.24) is 23.7 Å². The number of halogens is 3. The molecule has 26 heavy (non-hydrogen) atoms. The first kappa shape index (κ1) is 16.9. The molecule has 6 nitrogen and oxygen atoms in total. The molecular weight excluding hydrogens is 387 g/mol. The number of pyridine rings is 1. The predicted octanol–water partition coefficient (Wildman–Crippen LogP) is 3.38. The summed E-state index contributed by atoms with van der Waals surface area (Å²) in [5.41, 5.74) is 1.86. The third-order valence-corrected chi connectivity index (χ3v) is 5.60. The van der Waals surface area contributed by atoms with Crippen molar-refractivity contribution >= 4 is 34.0 Å². The second-order valence-corrected chi connectivity index (χ2v) is 7.25. The van der Waals surface area contributed by atoms with E-state index in [4.69, 9.17) is 0 Å². The molecule has 0 aliphatic heterocycles. The molecule has 0 unspecified atom stereocenters. The Labute approximate surface area is 152 Å². The number of imidazole rings is 1. The maximum absolute atomic E-state index is 12.8. The van der Waals surface area contributed by atoms with Crippen LogP contribution < -0.4 is 5.69 Å². The lowest BCUT2D eigenvalue weighted by Gasteiger charge is -2.03. The first-order valence-corrected chi connectivity index (χ1v) is 8.98. The van der Waals surface area contributed by atoms with Crippen LogP contribution in [0, 0.1) is 0 Å². The van der Waals surface area contributed by atoms with E-state index < -0.39 is 11.1 Å². The Morgan fingerprint density at radius 3 is 2.73 bits per heavy atom. The van der Waals surface area contributed by atoms with Crippen LogP contribution in [0.4, 0.5) is 13.2 Å². The Balaban J connectivity index is 1.84. The highest BCUT2D eigenvalue weighted by Crippen LogP contribution is 2.38. The number of nitrogens with zero attached hydrogens (tertiary/aromatic N) is 5. The summed E-state index contributed by atoms with van der Waals surface area (Å²) in [5, 5.41) is 5.67. The van der Waals surface area contributed by atoms with E-state index in [1.54, 1.807) is 18.5 Å². The van der Waals surface area contributed by atoms with Gasteiger partial charge in [-0.25, -0.2) is 9.78 Å². The summed E-state index contributed by atoms with van der Waals surface area (Å²) in [4.78, 5) is 16.5. The van der Waals surface area contributed by atoms with Crippen molar-refractivity contribution in [1.29, 1.82) is 0 Å². The molecule has 0 atom stereocenters. The number of hydrogen-bond donors (Lipinski definition) is 0. The molecule has 4 aromatic rings. The van der Waals surface area contributed by atoms with Crippen LogP contribution in [0.5, 0.6) is 0 Å². The van der Waals surface area contributed by atoms with Gasteiger partial charge in [0.1, 0.15) is 4.88 Å².